The SMILES string of the molecule is CC(c1cc(Cl)cc(Cl)c1)N1CCC(F)(COc2cc(F)c(C(=O)N3CO[C@H](C)[C@H]3C(=O)O)cc2C2CC2)CC1. The van der Waals surface area contributed by atoms with E-state index in [0.29, 0.717) is 28.7 Å². The number of carboxylic acids is 1. The number of likely N-dealkylation sites (tertiary alicyclic amines) is 1. The summed E-state index contributed by atoms with van der Waals surface area (Å²) in [7, 11) is 0. The number of alkyl halides is 1. The van der Waals surface area contributed by atoms with Crippen molar-refractivity contribution in [1.29, 1.82) is 0 Å². The van der Waals surface area contributed by atoms with Gasteiger partial charge in [0.1, 0.15) is 30.6 Å². The summed E-state index contributed by atoms with van der Waals surface area (Å²) in [5.74, 6) is -2.52. The third-order valence-electron chi connectivity index (χ3n) is 8.21. The van der Waals surface area contributed by atoms with Crippen LogP contribution in [0, 0.1) is 5.82 Å². The highest BCUT2D eigenvalue weighted by molar-refractivity contribution is 6.34. The molecule has 7 nitrogen and oxygen atoms in total. The van der Waals surface area contributed by atoms with Crippen molar-refractivity contribution in [3.63, 3.8) is 0 Å². The normalized spacial score (nSPS) is 23.7. The van der Waals surface area contributed by atoms with Crippen molar-refractivity contribution < 1.29 is 33.0 Å². The number of hydrogen-bond donors (Lipinski definition) is 1. The second kappa shape index (κ2) is 11.4. The Balaban J connectivity index is 1.26. The van der Waals surface area contributed by atoms with Crippen molar-refractivity contribution in [2.75, 3.05) is 26.4 Å². The highest BCUT2D eigenvalue weighted by atomic mass is 35.5. The number of carbonyl (C=O) groups is 2. The van der Waals surface area contributed by atoms with Crippen LogP contribution in [-0.2, 0) is 9.53 Å². The van der Waals surface area contributed by atoms with E-state index in [2.05, 4.69) is 4.90 Å². The number of carbonyl (C=O) groups excluding carboxylic acids is 1. The molecular weight excluding hydrogens is 565 g/mol. The highest BCUT2D eigenvalue weighted by Crippen LogP contribution is 2.46. The van der Waals surface area contributed by atoms with E-state index >= 15 is 8.78 Å². The number of hydrogen-bond acceptors (Lipinski definition) is 5. The van der Waals surface area contributed by atoms with Gasteiger partial charge in [-0.05, 0) is 80.8 Å². The minimum atomic E-state index is -1.59. The largest absolute Gasteiger partial charge is 0.490 e. The molecule has 0 spiro atoms. The molecule has 2 aromatic carbocycles. The lowest BCUT2D eigenvalue weighted by Crippen LogP contribution is -2.45. The smallest absolute Gasteiger partial charge is 0.329 e. The molecule has 11 heteroatoms. The molecule has 1 saturated carbocycles. The molecule has 1 unspecified atom stereocenters. The van der Waals surface area contributed by atoms with Gasteiger partial charge in [-0.2, -0.15) is 0 Å². The van der Waals surface area contributed by atoms with Gasteiger partial charge in [-0.1, -0.05) is 23.2 Å². The van der Waals surface area contributed by atoms with Crippen LogP contribution in [0.15, 0.2) is 30.3 Å². The minimum Gasteiger partial charge on any atom is -0.490 e. The van der Waals surface area contributed by atoms with Crippen LogP contribution in [0.5, 0.6) is 5.75 Å². The fraction of sp³-hybridized carbons (Fsp3) is 0.517. The van der Waals surface area contributed by atoms with Gasteiger partial charge in [0.25, 0.3) is 5.91 Å². The first-order valence-electron chi connectivity index (χ1n) is 13.5. The monoisotopic (exact) mass is 596 g/mol. The van der Waals surface area contributed by atoms with Crippen LogP contribution in [-0.4, -0.2) is 71.0 Å². The number of aliphatic carboxylic acids is 1. The molecule has 2 saturated heterocycles. The standard InChI is InChI=1S/C29H32Cl2F2N2O5/c1-16(19-9-20(30)11-21(31)10-19)34-7-5-29(33,6-8-34)14-39-25-13-24(32)23(12-22(25)18-3-4-18)27(36)35-15-40-17(2)26(35)28(37)38/h9-13,16-18,26H,3-8,14-15H2,1-2H3,(H,37,38)/t16?,17-,26+/m1/s1. The highest BCUT2D eigenvalue weighted by Gasteiger charge is 2.42. The number of ether oxygens (including phenoxy) is 2. The minimum absolute atomic E-state index is 0.00651. The fourth-order valence-corrected chi connectivity index (χ4v) is 6.10. The fourth-order valence-electron chi connectivity index (χ4n) is 5.56. The van der Waals surface area contributed by atoms with E-state index in [9.17, 15) is 14.7 Å². The van der Waals surface area contributed by atoms with Crippen molar-refractivity contribution in [2.24, 2.45) is 0 Å². The molecular formula is C29H32Cl2F2N2O5. The van der Waals surface area contributed by atoms with E-state index in [4.69, 9.17) is 32.7 Å². The molecule has 3 aliphatic rings. The number of piperidine rings is 1. The van der Waals surface area contributed by atoms with Crippen molar-refractivity contribution >= 4 is 35.1 Å². The third kappa shape index (κ3) is 6.08. The van der Waals surface area contributed by atoms with E-state index in [0.717, 1.165) is 29.4 Å². The number of carboxylic acid groups (broad SMARTS) is 1. The van der Waals surface area contributed by atoms with Gasteiger partial charge in [0, 0.05) is 35.2 Å². The first-order valence-corrected chi connectivity index (χ1v) is 14.2. The van der Waals surface area contributed by atoms with E-state index < -0.39 is 35.5 Å². The Morgan fingerprint density at radius 1 is 1.15 bits per heavy atom. The lowest BCUT2D eigenvalue weighted by atomic mass is 9.92. The van der Waals surface area contributed by atoms with Crippen LogP contribution < -0.4 is 4.74 Å². The molecule has 1 N–H and O–H groups in total. The Morgan fingerprint density at radius 2 is 1.80 bits per heavy atom. The topological polar surface area (TPSA) is 79.3 Å². The summed E-state index contributed by atoms with van der Waals surface area (Å²) >= 11 is 12.3. The summed E-state index contributed by atoms with van der Waals surface area (Å²) in [4.78, 5) is 28.0. The molecule has 0 aromatic heterocycles. The molecule has 1 amide bonds. The van der Waals surface area contributed by atoms with Crippen LogP contribution in [0.4, 0.5) is 8.78 Å². The summed E-state index contributed by atoms with van der Waals surface area (Å²) in [5.41, 5.74) is -0.232. The van der Waals surface area contributed by atoms with E-state index in [1.807, 2.05) is 19.1 Å². The molecule has 5 rings (SSSR count). The number of rotatable bonds is 8. The summed E-state index contributed by atoms with van der Waals surface area (Å²) < 4.78 is 42.3. The average molecular weight is 597 g/mol. The van der Waals surface area contributed by atoms with Crippen LogP contribution in [0.25, 0.3) is 0 Å². The predicted octanol–water partition coefficient (Wildman–Crippen LogP) is 6.23. The summed E-state index contributed by atoms with van der Waals surface area (Å²) in [6, 6.07) is 6.75. The summed E-state index contributed by atoms with van der Waals surface area (Å²) in [6.07, 6.45) is 1.46. The van der Waals surface area contributed by atoms with Gasteiger partial charge in [-0.3, -0.25) is 14.6 Å². The predicted molar refractivity (Wildman–Crippen MR) is 146 cm³/mol. The molecule has 0 bridgehead atoms. The van der Waals surface area contributed by atoms with Gasteiger partial charge in [-0.15, -0.1) is 0 Å². The lowest BCUT2D eigenvalue weighted by molar-refractivity contribution is -0.142. The second-order valence-electron chi connectivity index (χ2n) is 11.1. The molecule has 3 atom stereocenters. The Morgan fingerprint density at radius 3 is 2.40 bits per heavy atom. The lowest BCUT2D eigenvalue weighted by Gasteiger charge is -2.39. The molecule has 2 heterocycles. The van der Waals surface area contributed by atoms with E-state index in [-0.39, 0.29) is 49.5 Å². The molecule has 3 fully saturated rings. The average Bonchev–Trinajstić information content (AvgIpc) is 3.67. The van der Waals surface area contributed by atoms with Gasteiger partial charge >= 0.3 is 5.97 Å². The first kappa shape index (κ1) is 29.0. The van der Waals surface area contributed by atoms with Crippen molar-refractivity contribution in [3.8, 4) is 5.75 Å². The molecule has 40 heavy (non-hydrogen) atoms. The Hall–Kier alpha value is -2.46. The Bertz CT molecular complexity index is 1280. The zero-order valence-electron chi connectivity index (χ0n) is 22.3. The van der Waals surface area contributed by atoms with Crippen LogP contribution in [0.3, 0.4) is 0 Å². The molecule has 2 aromatic rings. The van der Waals surface area contributed by atoms with Crippen LogP contribution in [0.2, 0.25) is 10.0 Å². The summed E-state index contributed by atoms with van der Waals surface area (Å²) in [5, 5.41) is 10.6. The molecule has 2 aliphatic heterocycles. The zero-order chi connectivity index (χ0) is 28.8. The Labute approximate surface area is 241 Å². The number of benzene rings is 2. The zero-order valence-corrected chi connectivity index (χ0v) is 23.9. The number of halogens is 4. The quantitative estimate of drug-likeness (QED) is 0.389. The number of amides is 1. The van der Waals surface area contributed by atoms with Crippen molar-refractivity contribution in [3.05, 3.63) is 62.9 Å². The van der Waals surface area contributed by atoms with Crippen LogP contribution in [0.1, 0.15) is 73.0 Å². The first-order chi connectivity index (χ1) is 19.0. The maximum atomic E-state index is 15.8. The third-order valence-corrected chi connectivity index (χ3v) is 8.65. The van der Waals surface area contributed by atoms with Gasteiger partial charge in [0.15, 0.2) is 6.04 Å². The van der Waals surface area contributed by atoms with E-state index in [1.54, 1.807) is 13.0 Å². The van der Waals surface area contributed by atoms with Crippen molar-refractivity contribution in [1.82, 2.24) is 9.80 Å². The maximum Gasteiger partial charge on any atom is 0.329 e. The van der Waals surface area contributed by atoms with Gasteiger partial charge < -0.3 is 14.6 Å². The van der Waals surface area contributed by atoms with Gasteiger partial charge in [0.2, 0.25) is 0 Å². The second-order valence-corrected chi connectivity index (χ2v) is 11.9. The van der Waals surface area contributed by atoms with Gasteiger partial charge in [0.05, 0.1) is 11.7 Å². The molecule has 0 radical (unpaired) electrons. The molecule has 216 valence electrons. The number of nitrogens with zero attached hydrogens (tertiary/aromatic N) is 2. The van der Waals surface area contributed by atoms with Crippen molar-refractivity contribution in [2.45, 2.75) is 69.3 Å². The van der Waals surface area contributed by atoms with Crippen LogP contribution >= 0.6 is 23.2 Å². The van der Waals surface area contributed by atoms with E-state index in [1.165, 1.54) is 6.07 Å². The molecule has 1 aliphatic carbocycles. The Kier molecular flexibility index (Phi) is 8.30. The van der Waals surface area contributed by atoms with Gasteiger partial charge in [-0.25, -0.2) is 13.6 Å². The summed E-state index contributed by atoms with van der Waals surface area (Å²) in [6.45, 7) is 4.12. The maximum absolute atomic E-state index is 15.8.